The summed E-state index contributed by atoms with van der Waals surface area (Å²) in [5.41, 5.74) is 1.32. The minimum atomic E-state index is 0.385. The van der Waals surface area contributed by atoms with E-state index in [-0.39, 0.29) is 0 Å². The lowest BCUT2D eigenvalue weighted by Crippen LogP contribution is -2.32. The van der Waals surface area contributed by atoms with Crippen LogP contribution in [0.25, 0.3) is 0 Å². The van der Waals surface area contributed by atoms with E-state index in [1.807, 2.05) is 24.3 Å². The molecule has 0 saturated heterocycles. The molecule has 18 heavy (non-hydrogen) atoms. The molecule has 0 fully saturated rings. The van der Waals surface area contributed by atoms with Crippen molar-refractivity contribution in [3.8, 4) is 0 Å². The van der Waals surface area contributed by atoms with E-state index in [1.165, 1.54) is 12.8 Å². The molecule has 1 aliphatic heterocycles. The SMILES string of the molecule is CCC1(CC)CN=C(Nc2ccccc2Cl)SC1. The smallest absolute Gasteiger partial charge is 0.161 e. The Bertz CT molecular complexity index is 441. The van der Waals surface area contributed by atoms with E-state index >= 15 is 0 Å². The molecule has 2 nitrogen and oxygen atoms in total. The molecule has 2 rings (SSSR count). The summed E-state index contributed by atoms with van der Waals surface area (Å²) in [6.07, 6.45) is 2.39. The van der Waals surface area contributed by atoms with E-state index < -0.39 is 0 Å². The summed E-state index contributed by atoms with van der Waals surface area (Å²) >= 11 is 7.93. The Balaban J connectivity index is 2.05. The highest BCUT2D eigenvalue weighted by molar-refractivity contribution is 8.14. The fourth-order valence-corrected chi connectivity index (χ4v) is 3.45. The molecule has 0 bridgehead atoms. The predicted molar refractivity (Wildman–Crippen MR) is 82.8 cm³/mol. The lowest BCUT2D eigenvalue weighted by Gasteiger charge is -2.33. The normalized spacial score (nSPS) is 18.3. The number of aliphatic imine (C=N–C) groups is 1. The van der Waals surface area contributed by atoms with E-state index in [1.54, 1.807) is 11.8 Å². The molecule has 1 aromatic rings. The van der Waals surface area contributed by atoms with Gasteiger partial charge in [0.05, 0.1) is 10.7 Å². The molecule has 0 aliphatic carbocycles. The lowest BCUT2D eigenvalue weighted by molar-refractivity contribution is 0.318. The van der Waals surface area contributed by atoms with Crippen LogP contribution < -0.4 is 5.32 Å². The van der Waals surface area contributed by atoms with Crippen molar-refractivity contribution in [2.45, 2.75) is 26.7 Å². The fourth-order valence-electron chi connectivity index (χ4n) is 1.98. The summed E-state index contributed by atoms with van der Waals surface area (Å²) in [5.74, 6) is 1.14. The topological polar surface area (TPSA) is 24.4 Å². The van der Waals surface area contributed by atoms with Gasteiger partial charge in [-0.05, 0) is 30.4 Å². The van der Waals surface area contributed by atoms with Gasteiger partial charge in [0.15, 0.2) is 5.17 Å². The molecule has 1 N–H and O–H groups in total. The summed E-state index contributed by atoms with van der Waals surface area (Å²) < 4.78 is 0. The zero-order valence-electron chi connectivity index (χ0n) is 10.9. The number of hydrogen-bond acceptors (Lipinski definition) is 3. The number of rotatable bonds is 3. The second-order valence-corrected chi connectivity index (χ2v) is 6.09. The maximum atomic E-state index is 6.13. The number of anilines is 1. The Morgan fingerprint density at radius 3 is 2.61 bits per heavy atom. The van der Waals surface area contributed by atoms with Gasteiger partial charge in [-0.3, -0.25) is 4.99 Å². The number of nitrogens with one attached hydrogen (secondary N) is 1. The molecule has 1 aliphatic rings. The minimum absolute atomic E-state index is 0.385. The molecule has 0 aromatic heterocycles. The van der Waals surface area contributed by atoms with Gasteiger partial charge in [-0.1, -0.05) is 49.3 Å². The number of para-hydroxylation sites is 1. The summed E-state index contributed by atoms with van der Waals surface area (Å²) in [5, 5.41) is 5.04. The van der Waals surface area contributed by atoms with Crippen LogP contribution >= 0.6 is 23.4 Å². The Morgan fingerprint density at radius 1 is 1.33 bits per heavy atom. The number of benzene rings is 1. The van der Waals surface area contributed by atoms with Crippen LogP contribution in [-0.4, -0.2) is 17.5 Å². The van der Waals surface area contributed by atoms with E-state index in [4.69, 9.17) is 11.6 Å². The number of hydrogen-bond donors (Lipinski definition) is 1. The zero-order valence-corrected chi connectivity index (χ0v) is 12.4. The van der Waals surface area contributed by atoms with Gasteiger partial charge in [0.25, 0.3) is 0 Å². The van der Waals surface area contributed by atoms with Crippen LogP contribution in [0, 0.1) is 5.41 Å². The molecular formula is C14H19ClN2S. The quantitative estimate of drug-likeness (QED) is 0.872. The molecule has 0 spiro atoms. The number of halogens is 1. The highest BCUT2D eigenvalue weighted by atomic mass is 35.5. The van der Waals surface area contributed by atoms with Crippen LogP contribution in [-0.2, 0) is 0 Å². The molecular weight excluding hydrogens is 264 g/mol. The fraction of sp³-hybridized carbons (Fsp3) is 0.500. The molecule has 0 radical (unpaired) electrons. The Labute approximate surface area is 118 Å². The second kappa shape index (κ2) is 5.98. The number of amidine groups is 1. The third-order valence-corrected chi connectivity index (χ3v) is 5.28. The van der Waals surface area contributed by atoms with E-state index in [2.05, 4.69) is 24.2 Å². The van der Waals surface area contributed by atoms with Gasteiger partial charge in [-0.25, -0.2) is 0 Å². The van der Waals surface area contributed by atoms with Crippen LogP contribution in [0.5, 0.6) is 0 Å². The van der Waals surface area contributed by atoms with Crippen molar-refractivity contribution < 1.29 is 0 Å². The summed E-state index contributed by atoms with van der Waals surface area (Å²) in [6.45, 7) is 5.43. The van der Waals surface area contributed by atoms with Crippen LogP contribution in [0.4, 0.5) is 5.69 Å². The largest absolute Gasteiger partial charge is 0.334 e. The van der Waals surface area contributed by atoms with Gasteiger partial charge in [-0.15, -0.1) is 0 Å². The lowest BCUT2D eigenvalue weighted by atomic mass is 9.84. The Hall–Kier alpha value is -0.670. The molecule has 0 unspecified atom stereocenters. The van der Waals surface area contributed by atoms with E-state index in [0.29, 0.717) is 5.41 Å². The van der Waals surface area contributed by atoms with Crippen LogP contribution in [0.15, 0.2) is 29.3 Å². The molecule has 0 atom stereocenters. The average Bonchev–Trinajstić information content (AvgIpc) is 2.43. The van der Waals surface area contributed by atoms with E-state index in [0.717, 1.165) is 28.2 Å². The van der Waals surface area contributed by atoms with Crippen LogP contribution in [0.2, 0.25) is 5.02 Å². The first-order chi connectivity index (χ1) is 8.69. The van der Waals surface area contributed by atoms with Gasteiger partial charge < -0.3 is 5.32 Å². The van der Waals surface area contributed by atoms with Crippen molar-refractivity contribution in [3.63, 3.8) is 0 Å². The summed E-state index contributed by atoms with van der Waals surface area (Å²) in [4.78, 5) is 4.67. The molecule has 98 valence electrons. The predicted octanol–water partition coefficient (Wildman–Crippen LogP) is 4.66. The highest BCUT2D eigenvalue weighted by Crippen LogP contribution is 2.35. The molecule has 1 aromatic carbocycles. The maximum absolute atomic E-state index is 6.13. The van der Waals surface area contributed by atoms with Crippen LogP contribution in [0.3, 0.4) is 0 Å². The maximum Gasteiger partial charge on any atom is 0.161 e. The first kappa shape index (κ1) is 13.8. The minimum Gasteiger partial charge on any atom is -0.334 e. The molecule has 0 saturated carbocycles. The zero-order chi connectivity index (χ0) is 13.0. The Morgan fingerprint density at radius 2 is 2.06 bits per heavy atom. The van der Waals surface area contributed by atoms with Gasteiger partial charge in [0.1, 0.15) is 0 Å². The van der Waals surface area contributed by atoms with Crippen LogP contribution in [0.1, 0.15) is 26.7 Å². The third kappa shape index (κ3) is 3.01. The summed E-state index contributed by atoms with van der Waals surface area (Å²) in [7, 11) is 0. The van der Waals surface area contributed by atoms with Crippen molar-refractivity contribution in [1.82, 2.24) is 0 Å². The molecule has 4 heteroatoms. The monoisotopic (exact) mass is 282 g/mol. The first-order valence-electron chi connectivity index (χ1n) is 6.38. The average molecular weight is 283 g/mol. The Kier molecular flexibility index (Phi) is 4.57. The van der Waals surface area contributed by atoms with Crippen molar-refractivity contribution in [2.24, 2.45) is 10.4 Å². The molecule has 1 heterocycles. The van der Waals surface area contributed by atoms with Crippen molar-refractivity contribution >= 4 is 34.2 Å². The van der Waals surface area contributed by atoms with Crippen molar-refractivity contribution in [1.29, 1.82) is 0 Å². The highest BCUT2D eigenvalue weighted by Gasteiger charge is 2.30. The van der Waals surface area contributed by atoms with Gasteiger partial charge in [-0.2, -0.15) is 0 Å². The van der Waals surface area contributed by atoms with Gasteiger partial charge in [0.2, 0.25) is 0 Å². The number of thioether (sulfide) groups is 1. The number of nitrogens with zero attached hydrogens (tertiary/aromatic N) is 1. The van der Waals surface area contributed by atoms with Crippen molar-refractivity contribution in [2.75, 3.05) is 17.6 Å². The molecule has 0 amide bonds. The summed E-state index contributed by atoms with van der Waals surface area (Å²) in [6, 6.07) is 7.78. The third-order valence-electron chi connectivity index (χ3n) is 3.69. The second-order valence-electron chi connectivity index (χ2n) is 4.72. The van der Waals surface area contributed by atoms with Gasteiger partial charge >= 0.3 is 0 Å². The van der Waals surface area contributed by atoms with E-state index in [9.17, 15) is 0 Å². The first-order valence-corrected chi connectivity index (χ1v) is 7.74. The van der Waals surface area contributed by atoms with Crippen molar-refractivity contribution in [3.05, 3.63) is 29.3 Å². The van der Waals surface area contributed by atoms with Gasteiger partial charge in [0, 0.05) is 12.3 Å². The standard InChI is InChI=1S/C14H19ClN2S/c1-3-14(4-2)9-16-13(18-10-14)17-12-8-6-5-7-11(12)15/h5-8H,3-4,9-10H2,1-2H3,(H,16,17).